The molecule has 1 aliphatic carbocycles. The smallest absolute Gasteiger partial charge is 0.249 e. The maximum absolute atomic E-state index is 11.1. The molecule has 0 saturated heterocycles. The first-order valence-corrected chi connectivity index (χ1v) is 5.84. The number of hydrogen-bond donors (Lipinski definition) is 2. The summed E-state index contributed by atoms with van der Waals surface area (Å²) in [5.74, 6) is 0.0392. The van der Waals surface area contributed by atoms with Gasteiger partial charge in [0.25, 0.3) is 0 Å². The molecule has 3 N–H and O–H groups in total. The van der Waals surface area contributed by atoms with Gasteiger partial charge < -0.3 is 10.8 Å². The minimum Gasteiger partial charge on any atom is -0.380 e. The lowest BCUT2D eigenvalue weighted by molar-refractivity contribution is -0.141. The summed E-state index contributed by atoms with van der Waals surface area (Å²) in [6, 6.07) is 0. The van der Waals surface area contributed by atoms with Crippen LogP contribution in [0.2, 0.25) is 0 Å². The first kappa shape index (κ1) is 12.5. The monoisotopic (exact) mass is 213 g/mol. The Kier molecular flexibility index (Phi) is 3.44. The third-order valence-corrected chi connectivity index (χ3v) is 4.29. The maximum atomic E-state index is 11.1. The molecule has 0 spiro atoms. The van der Waals surface area contributed by atoms with Crippen LogP contribution in [0.5, 0.6) is 0 Å². The summed E-state index contributed by atoms with van der Waals surface area (Å²) in [6.45, 7) is 6.70. The topological polar surface area (TPSA) is 63.3 Å². The van der Waals surface area contributed by atoms with Gasteiger partial charge in [-0.1, -0.05) is 27.2 Å². The Labute approximate surface area is 92.0 Å². The van der Waals surface area contributed by atoms with Crippen molar-refractivity contribution < 1.29 is 9.90 Å². The van der Waals surface area contributed by atoms with Crippen LogP contribution < -0.4 is 5.73 Å². The van der Waals surface area contributed by atoms with Crippen LogP contribution in [0.15, 0.2) is 0 Å². The molecule has 1 saturated carbocycles. The molecule has 0 heterocycles. The summed E-state index contributed by atoms with van der Waals surface area (Å²) >= 11 is 0. The van der Waals surface area contributed by atoms with E-state index in [1.165, 1.54) is 0 Å². The predicted octanol–water partition coefficient (Wildman–Crippen LogP) is 1.83. The van der Waals surface area contributed by atoms with E-state index < -0.39 is 11.5 Å². The summed E-state index contributed by atoms with van der Waals surface area (Å²) in [4.78, 5) is 11.1. The van der Waals surface area contributed by atoms with E-state index in [1.807, 2.05) is 0 Å². The molecule has 0 bridgehead atoms. The average Bonchev–Trinajstić information content (AvgIpc) is 2.18. The van der Waals surface area contributed by atoms with E-state index >= 15 is 0 Å². The normalized spacial score (nSPS) is 32.7. The highest BCUT2D eigenvalue weighted by Gasteiger charge is 2.41. The molecular formula is C12H23NO2. The molecule has 1 amide bonds. The number of hydrogen-bond acceptors (Lipinski definition) is 2. The van der Waals surface area contributed by atoms with E-state index in [9.17, 15) is 9.90 Å². The van der Waals surface area contributed by atoms with Crippen LogP contribution in [0.3, 0.4) is 0 Å². The average molecular weight is 213 g/mol. The van der Waals surface area contributed by atoms with Crippen molar-refractivity contribution in [2.45, 2.75) is 58.5 Å². The lowest BCUT2D eigenvalue weighted by Gasteiger charge is -2.41. The molecule has 0 atom stereocenters. The molecule has 1 aliphatic rings. The number of aliphatic hydroxyl groups is 1. The van der Waals surface area contributed by atoms with Crippen LogP contribution in [0.4, 0.5) is 0 Å². The highest BCUT2D eigenvalue weighted by atomic mass is 16.3. The Balaban J connectivity index is 2.60. The minimum atomic E-state index is -1.24. The number of primary amides is 1. The summed E-state index contributed by atoms with van der Waals surface area (Å²) in [7, 11) is 0. The first-order valence-electron chi connectivity index (χ1n) is 5.84. The molecule has 0 aromatic rings. The van der Waals surface area contributed by atoms with Gasteiger partial charge in [0.05, 0.1) is 0 Å². The Morgan fingerprint density at radius 1 is 1.47 bits per heavy atom. The van der Waals surface area contributed by atoms with Crippen LogP contribution in [0, 0.1) is 11.3 Å². The van der Waals surface area contributed by atoms with Crippen LogP contribution >= 0.6 is 0 Å². The van der Waals surface area contributed by atoms with Crippen molar-refractivity contribution in [3.63, 3.8) is 0 Å². The summed E-state index contributed by atoms with van der Waals surface area (Å²) in [5.41, 5.74) is 4.27. The van der Waals surface area contributed by atoms with Gasteiger partial charge in [-0.05, 0) is 37.0 Å². The summed E-state index contributed by atoms with van der Waals surface area (Å²) in [6.07, 6.45) is 3.99. The molecule has 3 heteroatoms. The highest BCUT2D eigenvalue weighted by Crippen LogP contribution is 2.43. The fourth-order valence-electron chi connectivity index (χ4n) is 2.41. The van der Waals surface area contributed by atoms with Gasteiger partial charge in [-0.3, -0.25) is 4.79 Å². The van der Waals surface area contributed by atoms with Crippen LogP contribution in [0.25, 0.3) is 0 Å². The predicted molar refractivity (Wildman–Crippen MR) is 60.2 cm³/mol. The molecule has 0 aromatic carbocycles. The zero-order valence-electron chi connectivity index (χ0n) is 10.0. The molecule has 15 heavy (non-hydrogen) atoms. The highest BCUT2D eigenvalue weighted by molar-refractivity contribution is 5.83. The lowest BCUT2D eigenvalue weighted by atomic mass is 9.66. The number of carbonyl (C=O) groups excluding carboxylic acids is 1. The largest absolute Gasteiger partial charge is 0.380 e. The molecule has 88 valence electrons. The van der Waals surface area contributed by atoms with Crippen molar-refractivity contribution in [1.82, 2.24) is 0 Å². The van der Waals surface area contributed by atoms with Gasteiger partial charge in [0.1, 0.15) is 5.60 Å². The van der Waals surface area contributed by atoms with Gasteiger partial charge in [-0.15, -0.1) is 0 Å². The van der Waals surface area contributed by atoms with Crippen molar-refractivity contribution in [2.24, 2.45) is 17.1 Å². The Morgan fingerprint density at radius 3 is 2.27 bits per heavy atom. The molecule has 0 aliphatic heterocycles. The van der Waals surface area contributed by atoms with E-state index in [0.717, 1.165) is 19.3 Å². The van der Waals surface area contributed by atoms with Gasteiger partial charge in [-0.25, -0.2) is 0 Å². The van der Waals surface area contributed by atoms with Gasteiger partial charge in [0.2, 0.25) is 5.91 Å². The summed E-state index contributed by atoms with van der Waals surface area (Å²) < 4.78 is 0. The second kappa shape index (κ2) is 4.12. The third-order valence-electron chi connectivity index (χ3n) is 4.29. The zero-order valence-corrected chi connectivity index (χ0v) is 10.0. The molecular weight excluding hydrogens is 190 g/mol. The maximum Gasteiger partial charge on any atom is 0.249 e. The van der Waals surface area contributed by atoms with Crippen LogP contribution in [0.1, 0.15) is 52.9 Å². The van der Waals surface area contributed by atoms with Crippen molar-refractivity contribution in [2.75, 3.05) is 0 Å². The Hall–Kier alpha value is -0.570. The van der Waals surface area contributed by atoms with E-state index in [-0.39, 0.29) is 0 Å². The SMILES string of the molecule is CCC(C)(C)C1CCC(O)(C(N)=O)CC1. The molecule has 3 nitrogen and oxygen atoms in total. The molecule has 0 radical (unpaired) electrons. The van der Waals surface area contributed by atoms with E-state index in [4.69, 9.17) is 5.73 Å². The van der Waals surface area contributed by atoms with Gasteiger partial charge in [-0.2, -0.15) is 0 Å². The number of nitrogens with two attached hydrogens (primary N) is 1. The fourth-order valence-corrected chi connectivity index (χ4v) is 2.41. The van der Waals surface area contributed by atoms with Crippen LogP contribution in [-0.2, 0) is 4.79 Å². The Bertz CT molecular complexity index is 240. The third kappa shape index (κ3) is 2.51. The van der Waals surface area contributed by atoms with Crippen molar-refractivity contribution in [3.05, 3.63) is 0 Å². The number of carbonyl (C=O) groups is 1. The fraction of sp³-hybridized carbons (Fsp3) is 0.917. The second-order valence-electron chi connectivity index (χ2n) is 5.51. The lowest BCUT2D eigenvalue weighted by Crippen LogP contribution is -2.47. The minimum absolute atomic E-state index is 0.305. The Morgan fingerprint density at radius 2 is 1.93 bits per heavy atom. The van der Waals surface area contributed by atoms with E-state index in [2.05, 4.69) is 20.8 Å². The van der Waals surface area contributed by atoms with Crippen molar-refractivity contribution in [3.8, 4) is 0 Å². The van der Waals surface area contributed by atoms with Crippen LogP contribution in [-0.4, -0.2) is 16.6 Å². The number of amides is 1. The van der Waals surface area contributed by atoms with Gasteiger partial charge in [0, 0.05) is 0 Å². The van der Waals surface area contributed by atoms with Crippen molar-refractivity contribution >= 4 is 5.91 Å². The molecule has 0 aromatic heterocycles. The quantitative estimate of drug-likeness (QED) is 0.751. The van der Waals surface area contributed by atoms with E-state index in [0.29, 0.717) is 24.2 Å². The molecule has 1 fully saturated rings. The van der Waals surface area contributed by atoms with Gasteiger partial charge >= 0.3 is 0 Å². The molecule has 1 rings (SSSR count). The number of rotatable bonds is 3. The summed E-state index contributed by atoms with van der Waals surface area (Å²) in [5, 5.41) is 9.93. The standard InChI is InChI=1S/C12H23NO2/c1-4-11(2,3)9-5-7-12(15,8-6-9)10(13)14/h9,15H,4-8H2,1-3H3,(H2,13,14). The van der Waals surface area contributed by atoms with Crippen molar-refractivity contribution in [1.29, 1.82) is 0 Å². The second-order valence-corrected chi connectivity index (χ2v) is 5.51. The van der Waals surface area contributed by atoms with E-state index in [1.54, 1.807) is 0 Å². The van der Waals surface area contributed by atoms with Gasteiger partial charge in [0.15, 0.2) is 0 Å². The molecule has 0 unspecified atom stereocenters. The zero-order chi connectivity index (χ0) is 11.7. The first-order chi connectivity index (χ1) is 6.82.